The van der Waals surface area contributed by atoms with Gasteiger partial charge in [0.05, 0.1) is 12.8 Å². The van der Waals surface area contributed by atoms with E-state index in [2.05, 4.69) is 19.2 Å². The van der Waals surface area contributed by atoms with E-state index in [9.17, 15) is 13.2 Å². The van der Waals surface area contributed by atoms with Gasteiger partial charge in [0, 0.05) is 13.1 Å². The number of aryl methyl sites for hydroxylation is 1. The molecule has 1 aromatic carbocycles. The maximum Gasteiger partial charge on any atom is 0.235 e. The Morgan fingerprint density at radius 1 is 1.20 bits per heavy atom. The van der Waals surface area contributed by atoms with Crippen LogP contribution < -0.4 is 5.32 Å². The molecule has 0 radical (unpaired) electrons. The number of carbonyl (C=O) groups excluding carboxylic acids is 1. The van der Waals surface area contributed by atoms with Crippen molar-refractivity contribution in [1.29, 1.82) is 0 Å². The molecule has 1 atom stereocenters. The summed E-state index contributed by atoms with van der Waals surface area (Å²) in [6.07, 6.45) is 5.54. The molecule has 142 valence electrons. The highest BCUT2D eigenvalue weighted by Crippen LogP contribution is 2.12. The van der Waals surface area contributed by atoms with Gasteiger partial charge in [-0.3, -0.25) is 4.79 Å². The quantitative estimate of drug-likeness (QED) is 0.653. The highest BCUT2D eigenvalue weighted by molar-refractivity contribution is 7.88. The Morgan fingerprint density at radius 2 is 1.84 bits per heavy atom. The lowest BCUT2D eigenvalue weighted by atomic mass is 9.99. The van der Waals surface area contributed by atoms with Gasteiger partial charge in [0.2, 0.25) is 15.9 Å². The summed E-state index contributed by atoms with van der Waals surface area (Å²) in [5.41, 5.74) is 1.99. The zero-order chi connectivity index (χ0) is 18.9. The van der Waals surface area contributed by atoms with E-state index < -0.39 is 10.0 Å². The molecule has 1 aromatic rings. The number of benzene rings is 1. The zero-order valence-electron chi connectivity index (χ0n) is 15.9. The lowest BCUT2D eigenvalue weighted by Crippen LogP contribution is -2.41. The van der Waals surface area contributed by atoms with Crippen LogP contribution in [0.5, 0.6) is 0 Å². The van der Waals surface area contributed by atoms with Gasteiger partial charge in [-0.05, 0) is 24.8 Å². The Hall–Kier alpha value is -1.40. The Labute approximate surface area is 152 Å². The first-order chi connectivity index (χ1) is 11.8. The number of unbranched alkanes of at least 4 members (excludes halogenated alkanes) is 1. The summed E-state index contributed by atoms with van der Waals surface area (Å²) in [7, 11) is -3.45. The smallest absolute Gasteiger partial charge is 0.235 e. The summed E-state index contributed by atoms with van der Waals surface area (Å²) in [4.78, 5) is 12.2. The Bertz CT molecular complexity index is 627. The van der Waals surface area contributed by atoms with Crippen LogP contribution in [0.3, 0.4) is 0 Å². The van der Waals surface area contributed by atoms with Gasteiger partial charge in [0.25, 0.3) is 0 Å². The van der Waals surface area contributed by atoms with E-state index in [4.69, 9.17) is 0 Å². The number of nitrogens with zero attached hydrogens (tertiary/aromatic N) is 1. The number of hydrogen-bond acceptors (Lipinski definition) is 3. The van der Waals surface area contributed by atoms with Gasteiger partial charge in [-0.25, -0.2) is 8.42 Å². The Balaban J connectivity index is 2.62. The second kappa shape index (κ2) is 10.6. The standard InChI is InChI=1S/C19H32N2O3S/c1-5-7-8-17(6-2)13-20-19(22)15-21(25(4,23)24)14-18-11-9-16(3)10-12-18/h9-12,17H,5-8,13-15H2,1-4H3,(H,20,22)/t17-/m0/s1. The van der Waals surface area contributed by atoms with Crippen molar-refractivity contribution in [3.63, 3.8) is 0 Å². The molecule has 1 N–H and O–H groups in total. The molecule has 0 aliphatic heterocycles. The number of rotatable bonds is 11. The molecule has 0 fully saturated rings. The van der Waals surface area contributed by atoms with Gasteiger partial charge < -0.3 is 5.32 Å². The summed E-state index contributed by atoms with van der Waals surface area (Å²) in [6.45, 7) is 6.93. The molecule has 1 amide bonds. The molecule has 0 aromatic heterocycles. The summed E-state index contributed by atoms with van der Waals surface area (Å²) in [6, 6.07) is 7.66. The molecule has 0 saturated heterocycles. The van der Waals surface area contributed by atoms with Crippen LogP contribution in [0.2, 0.25) is 0 Å². The number of hydrogen-bond donors (Lipinski definition) is 1. The van der Waals surface area contributed by atoms with Crippen molar-refractivity contribution in [1.82, 2.24) is 9.62 Å². The molecule has 0 spiro atoms. The molecule has 0 unspecified atom stereocenters. The first-order valence-corrected chi connectivity index (χ1v) is 10.9. The number of carbonyl (C=O) groups is 1. The number of nitrogens with one attached hydrogen (secondary N) is 1. The Morgan fingerprint density at radius 3 is 2.36 bits per heavy atom. The number of amides is 1. The normalized spacial score (nSPS) is 13.0. The van der Waals surface area contributed by atoms with Crippen molar-refractivity contribution in [2.75, 3.05) is 19.3 Å². The molecule has 0 aliphatic carbocycles. The largest absolute Gasteiger partial charge is 0.355 e. The second-order valence-corrected chi connectivity index (χ2v) is 8.72. The third kappa shape index (κ3) is 8.50. The predicted octanol–water partition coefficient (Wildman–Crippen LogP) is 3.09. The Kier molecular flexibility index (Phi) is 9.14. The van der Waals surface area contributed by atoms with E-state index in [-0.39, 0.29) is 19.0 Å². The lowest BCUT2D eigenvalue weighted by molar-refractivity contribution is -0.121. The van der Waals surface area contributed by atoms with E-state index >= 15 is 0 Å². The third-order valence-electron chi connectivity index (χ3n) is 4.40. The van der Waals surface area contributed by atoms with E-state index in [1.54, 1.807) is 0 Å². The maximum atomic E-state index is 12.2. The first kappa shape index (κ1) is 21.6. The van der Waals surface area contributed by atoms with Crippen molar-refractivity contribution in [2.45, 2.75) is 53.0 Å². The van der Waals surface area contributed by atoms with Crippen LogP contribution in [0, 0.1) is 12.8 Å². The van der Waals surface area contributed by atoms with E-state index in [0.29, 0.717) is 12.5 Å². The molecule has 25 heavy (non-hydrogen) atoms. The summed E-state index contributed by atoms with van der Waals surface area (Å²) < 4.78 is 25.3. The predicted molar refractivity (Wildman–Crippen MR) is 103 cm³/mol. The highest BCUT2D eigenvalue weighted by atomic mass is 32.2. The molecule has 0 aliphatic rings. The van der Waals surface area contributed by atoms with Gasteiger partial charge in [0.1, 0.15) is 0 Å². The monoisotopic (exact) mass is 368 g/mol. The van der Waals surface area contributed by atoms with Crippen molar-refractivity contribution >= 4 is 15.9 Å². The SMILES string of the molecule is CCCC[C@H](CC)CNC(=O)CN(Cc1ccc(C)cc1)S(C)(=O)=O. The van der Waals surface area contributed by atoms with E-state index in [1.807, 2.05) is 31.2 Å². The van der Waals surface area contributed by atoms with Gasteiger partial charge in [-0.15, -0.1) is 0 Å². The molecule has 0 saturated carbocycles. The van der Waals surface area contributed by atoms with Crippen LogP contribution in [0.15, 0.2) is 24.3 Å². The van der Waals surface area contributed by atoms with Crippen LogP contribution in [0.1, 0.15) is 50.7 Å². The first-order valence-electron chi connectivity index (χ1n) is 9.03. The van der Waals surface area contributed by atoms with E-state index in [1.165, 1.54) is 4.31 Å². The van der Waals surface area contributed by atoms with Gasteiger partial charge in [0.15, 0.2) is 0 Å². The summed E-state index contributed by atoms with van der Waals surface area (Å²) >= 11 is 0. The van der Waals surface area contributed by atoms with Gasteiger partial charge in [-0.1, -0.05) is 62.9 Å². The summed E-state index contributed by atoms with van der Waals surface area (Å²) in [5.74, 6) is 0.208. The second-order valence-electron chi connectivity index (χ2n) is 6.74. The fourth-order valence-corrected chi connectivity index (χ4v) is 3.34. The zero-order valence-corrected chi connectivity index (χ0v) is 16.7. The molecule has 1 rings (SSSR count). The van der Waals surface area contributed by atoms with Crippen molar-refractivity contribution < 1.29 is 13.2 Å². The molecule has 5 nitrogen and oxygen atoms in total. The van der Waals surface area contributed by atoms with Crippen LogP contribution in [0.4, 0.5) is 0 Å². The fourth-order valence-electron chi connectivity index (χ4n) is 2.61. The fraction of sp³-hybridized carbons (Fsp3) is 0.632. The van der Waals surface area contributed by atoms with Crippen molar-refractivity contribution in [3.05, 3.63) is 35.4 Å². The lowest BCUT2D eigenvalue weighted by Gasteiger charge is -2.21. The van der Waals surface area contributed by atoms with Crippen molar-refractivity contribution in [2.24, 2.45) is 5.92 Å². The third-order valence-corrected chi connectivity index (χ3v) is 5.60. The van der Waals surface area contributed by atoms with Gasteiger partial charge in [-0.2, -0.15) is 4.31 Å². The molecule has 0 heterocycles. The minimum atomic E-state index is -3.45. The van der Waals surface area contributed by atoms with Crippen LogP contribution in [-0.2, 0) is 21.4 Å². The van der Waals surface area contributed by atoms with Crippen LogP contribution >= 0.6 is 0 Å². The maximum absolute atomic E-state index is 12.2. The minimum absolute atomic E-state index is 0.142. The van der Waals surface area contributed by atoms with E-state index in [0.717, 1.165) is 43.1 Å². The minimum Gasteiger partial charge on any atom is -0.355 e. The molecule has 6 heteroatoms. The number of sulfonamides is 1. The molecular formula is C19H32N2O3S. The van der Waals surface area contributed by atoms with Crippen molar-refractivity contribution in [3.8, 4) is 0 Å². The van der Waals surface area contributed by atoms with Gasteiger partial charge >= 0.3 is 0 Å². The average molecular weight is 369 g/mol. The van der Waals surface area contributed by atoms with Crippen LogP contribution in [-0.4, -0.2) is 38.0 Å². The topological polar surface area (TPSA) is 66.5 Å². The highest BCUT2D eigenvalue weighted by Gasteiger charge is 2.21. The van der Waals surface area contributed by atoms with Crippen LogP contribution in [0.25, 0.3) is 0 Å². The summed E-state index contributed by atoms with van der Waals surface area (Å²) in [5, 5.41) is 2.89. The molecule has 0 bridgehead atoms. The average Bonchev–Trinajstić information content (AvgIpc) is 2.55. The molecular weight excluding hydrogens is 336 g/mol.